The lowest BCUT2D eigenvalue weighted by molar-refractivity contribution is 0.525. The quantitative estimate of drug-likeness (QED) is 0.689. The molecule has 102 valence electrons. The predicted molar refractivity (Wildman–Crippen MR) is 86.1 cm³/mol. The number of aryl methyl sites for hydroxylation is 1. The smallest absolute Gasteiger partial charge is 0.152 e. The molecule has 4 heteroatoms. The second-order valence-corrected chi connectivity index (χ2v) is 6.05. The van der Waals surface area contributed by atoms with Crippen molar-refractivity contribution in [1.82, 2.24) is 0 Å². The molecule has 2 N–H and O–H groups in total. The van der Waals surface area contributed by atoms with Gasteiger partial charge in [0.2, 0.25) is 0 Å². The molecule has 20 heavy (non-hydrogen) atoms. The van der Waals surface area contributed by atoms with Crippen molar-refractivity contribution in [1.29, 1.82) is 0 Å². The third-order valence-electron chi connectivity index (χ3n) is 3.38. The Balaban J connectivity index is 2.05. The van der Waals surface area contributed by atoms with Gasteiger partial charge in [-0.3, -0.25) is 0 Å². The van der Waals surface area contributed by atoms with E-state index in [9.17, 15) is 0 Å². The van der Waals surface area contributed by atoms with E-state index in [0.717, 1.165) is 15.4 Å². The van der Waals surface area contributed by atoms with E-state index in [0.29, 0.717) is 16.4 Å². The van der Waals surface area contributed by atoms with Crippen molar-refractivity contribution in [3.05, 3.63) is 68.8 Å². The fraction of sp³-hybridized carbons (Fsp3) is 0.125. The fourth-order valence-electron chi connectivity index (χ4n) is 2.17. The van der Waals surface area contributed by atoms with Crippen LogP contribution in [0.4, 0.5) is 0 Å². The monoisotopic (exact) mass is 349 g/mol. The van der Waals surface area contributed by atoms with E-state index in [1.807, 2.05) is 49.4 Å². The van der Waals surface area contributed by atoms with Gasteiger partial charge in [0.15, 0.2) is 5.58 Å². The van der Waals surface area contributed by atoms with E-state index >= 15 is 0 Å². The van der Waals surface area contributed by atoms with Crippen LogP contribution in [-0.4, -0.2) is 0 Å². The fourth-order valence-corrected chi connectivity index (χ4v) is 2.78. The number of furan rings is 1. The third-order valence-corrected chi connectivity index (χ3v) is 4.53. The van der Waals surface area contributed by atoms with E-state index in [2.05, 4.69) is 15.9 Å². The first-order chi connectivity index (χ1) is 9.56. The summed E-state index contributed by atoms with van der Waals surface area (Å²) in [4.78, 5) is 0. The molecule has 1 unspecified atom stereocenters. The summed E-state index contributed by atoms with van der Waals surface area (Å²) >= 11 is 9.65. The minimum absolute atomic E-state index is 0.310. The molecule has 0 fully saturated rings. The number of hydrogen-bond acceptors (Lipinski definition) is 2. The summed E-state index contributed by atoms with van der Waals surface area (Å²) in [5.74, 6) is 0.712. The molecule has 0 aliphatic carbocycles. The Morgan fingerprint density at radius 3 is 2.70 bits per heavy atom. The first-order valence-electron chi connectivity index (χ1n) is 6.26. The molecule has 0 saturated carbocycles. The van der Waals surface area contributed by atoms with Crippen molar-refractivity contribution in [3.8, 4) is 0 Å². The van der Waals surface area contributed by atoms with Crippen LogP contribution in [0.5, 0.6) is 0 Å². The number of hydrogen-bond donors (Lipinski definition) is 1. The summed E-state index contributed by atoms with van der Waals surface area (Å²) in [6, 6.07) is 13.4. The van der Waals surface area contributed by atoms with Gasteiger partial charge in [0.25, 0.3) is 0 Å². The molecule has 3 rings (SSSR count). The highest BCUT2D eigenvalue weighted by Crippen LogP contribution is 2.32. The van der Waals surface area contributed by atoms with Gasteiger partial charge < -0.3 is 10.2 Å². The first kappa shape index (κ1) is 13.7. The zero-order chi connectivity index (χ0) is 14.3. The number of fused-ring (bicyclic) bond motifs is 1. The standard InChI is InChI=1S/C16H13BrClNO/c1-9-5-6-10(7-12(9)17)15(19)14-8-11-3-2-4-13(18)16(11)20-14/h2-8,15H,19H2,1H3. The lowest BCUT2D eigenvalue weighted by atomic mass is 10.0. The van der Waals surface area contributed by atoms with Crippen molar-refractivity contribution in [2.45, 2.75) is 13.0 Å². The molecule has 1 aromatic heterocycles. The predicted octanol–water partition coefficient (Wildman–Crippen LogP) is 5.21. The van der Waals surface area contributed by atoms with Crippen LogP contribution in [0.1, 0.15) is 22.9 Å². The van der Waals surface area contributed by atoms with Crippen LogP contribution in [0.2, 0.25) is 5.02 Å². The van der Waals surface area contributed by atoms with Gasteiger partial charge >= 0.3 is 0 Å². The molecule has 0 aliphatic heterocycles. The maximum absolute atomic E-state index is 6.29. The molecule has 0 aliphatic rings. The zero-order valence-corrected chi connectivity index (χ0v) is 13.2. The minimum atomic E-state index is -0.310. The second kappa shape index (κ2) is 5.24. The van der Waals surface area contributed by atoms with Gasteiger partial charge in [0, 0.05) is 9.86 Å². The molecule has 3 aromatic rings. The summed E-state index contributed by atoms with van der Waals surface area (Å²) in [5, 5.41) is 1.57. The lowest BCUT2D eigenvalue weighted by Gasteiger charge is -2.10. The van der Waals surface area contributed by atoms with Crippen LogP contribution in [0.3, 0.4) is 0 Å². The summed E-state index contributed by atoms with van der Waals surface area (Å²) in [6.07, 6.45) is 0. The van der Waals surface area contributed by atoms with E-state index < -0.39 is 0 Å². The van der Waals surface area contributed by atoms with Gasteiger partial charge in [-0.05, 0) is 36.2 Å². The molecule has 0 bridgehead atoms. The Bertz CT molecular complexity index is 781. The molecule has 0 spiro atoms. The molecule has 0 radical (unpaired) electrons. The van der Waals surface area contributed by atoms with Crippen molar-refractivity contribution >= 4 is 38.5 Å². The summed E-state index contributed by atoms with van der Waals surface area (Å²) in [5.41, 5.74) is 9.15. The van der Waals surface area contributed by atoms with E-state index in [1.54, 1.807) is 0 Å². The molecule has 2 aromatic carbocycles. The highest BCUT2D eigenvalue weighted by atomic mass is 79.9. The van der Waals surface area contributed by atoms with Gasteiger partial charge in [-0.15, -0.1) is 0 Å². The van der Waals surface area contributed by atoms with E-state index in [-0.39, 0.29) is 6.04 Å². The summed E-state index contributed by atoms with van der Waals surface area (Å²) in [6.45, 7) is 2.04. The Kier molecular flexibility index (Phi) is 3.59. The molecular formula is C16H13BrClNO. The summed E-state index contributed by atoms with van der Waals surface area (Å²) < 4.78 is 6.85. The minimum Gasteiger partial charge on any atom is -0.457 e. The molecule has 0 amide bonds. The van der Waals surface area contributed by atoms with Crippen LogP contribution in [0, 0.1) is 6.92 Å². The number of benzene rings is 2. The maximum atomic E-state index is 6.29. The van der Waals surface area contributed by atoms with Gasteiger partial charge in [-0.25, -0.2) is 0 Å². The second-order valence-electron chi connectivity index (χ2n) is 4.79. The van der Waals surface area contributed by atoms with Gasteiger partial charge in [-0.1, -0.05) is 51.8 Å². The highest BCUT2D eigenvalue weighted by Gasteiger charge is 2.16. The highest BCUT2D eigenvalue weighted by molar-refractivity contribution is 9.10. The molecule has 1 atom stereocenters. The van der Waals surface area contributed by atoms with Crippen LogP contribution in [0.25, 0.3) is 11.0 Å². The van der Waals surface area contributed by atoms with Crippen LogP contribution in [0.15, 0.2) is 51.4 Å². The lowest BCUT2D eigenvalue weighted by Crippen LogP contribution is -2.10. The third kappa shape index (κ3) is 2.37. The maximum Gasteiger partial charge on any atom is 0.152 e. The van der Waals surface area contributed by atoms with Crippen LogP contribution >= 0.6 is 27.5 Å². The van der Waals surface area contributed by atoms with Crippen molar-refractivity contribution in [3.63, 3.8) is 0 Å². The topological polar surface area (TPSA) is 39.2 Å². The Labute approximate surface area is 130 Å². The number of para-hydroxylation sites is 1. The Morgan fingerprint density at radius 2 is 2.00 bits per heavy atom. The van der Waals surface area contributed by atoms with E-state index in [1.165, 1.54) is 5.56 Å². The van der Waals surface area contributed by atoms with Crippen molar-refractivity contribution < 1.29 is 4.42 Å². The van der Waals surface area contributed by atoms with E-state index in [4.69, 9.17) is 21.8 Å². The molecule has 0 saturated heterocycles. The zero-order valence-electron chi connectivity index (χ0n) is 10.9. The molecular weight excluding hydrogens is 338 g/mol. The summed E-state index contributed by atoms with van der Waals surface area (Å²) in [7, 11) is 0. The number of nitrogens with two attached hydrogens (primary N) is 1. The SMILES string of the molecule is Cc1ccc(C(N)c2cc3cccc(Cl)c3o2)cc1Br. The van der Waals surface area contributed by atoms with Crippen LogP contribution < -0.4 is 5.73 Å². The Hall–Kier alpha value is -1.29. The van der Waals surface area contributed by atoms with Crippen LogP contribution in [-0.2, 0) is 0 Å². The normalized spacial score (nSPS) is 12.8. The van der Waals surface area contributed by atoms with Gasteiger partial charge in [-0.2, -0.15) is 0 Å². The van der Waals surface area contributed by atoms with Gasteiger partial charge in [0.1, 0.15) is 5.76 Å². The largest absolute Gasteiger partial charge is 0.457 e. The van der Waals surface area contributed by atoms with Crippen molar-refractivity contribution in [2.75, 3.05) is 0 Å². The average Bonchev–Trinajstić information content (AvgIpc) is 2.86. The Morgan fingerprint density at radius 1 is 1.20 bits per heavy atom. The number of rotatable bonds is 2. The number of halogens is 2. The average molecular weight is 351 g/mol. The van der Waals surface area contributed by atoms with Gasteiger partial charge in [0.05, 0.1) is 11.1 Å². The first-order valence-corrected chi connectivity index (χ1v) is 7.43. The van der Waals surface area contributed by atoms with Crippen molar-refractivity contribution in [2.24, 2.45) is 5.73 Å². The molecule has 1 heterocycles. The molecule has 2 nitrogen and oxygen atoms in total.